The van der Waals surface area contributed by atoms with Gasteiger partial charge in [-0.1, -0.05) is 6.07 Å². The lowest BCUT2D eigenvalue weighted by Gasteiger charge is -2.17. The van der Waals surface area contributed by atoms with Crippen molar-refractivity contribution in [3.63, 3.8) is 0 Å². The second-order valence-electron chi connectivity index (χ2n) is 2.74. The normalized spacial score (nSPS) is 9.87. The number of halogens is 2. The maximum Gasteiger partial charge on any atom is 0.414 e. The summed E-state index contributed by atoms with van der Waals surface area (Å²) in [6.45, 7) is 3.19. The maximum atomic E-state index is 13.2. The Bertz CT molecular complexity index is 348. The van der Waals surface area contributed by atoms with Gasteiger partial charge in [-0.3, -0.25) is 4.90 Å². The Balaban J connectivity index is 3.00. The Morgan fingerprint density at radius 1 is 1.47 bits per heavy atom. The van der Waals surface area contributed by atoms with Crippen molar-refractivity contribution in [1.82, 2.24) is 0 Å². The Labute approximate surface area is 86.3 Å². The van der Waals surface area contributed by atoms with Crippen LogP contribution in [0.1, 0.15) is 0 Å². The molecule has 1 radical (unpaired) electrons. The zero-order valence-electron chi connectivity index (χ0n) is 8.17. The fourth-order valence-electron chi connectivity index (χ4n) is 1.08. The van der Waals surface area contributed by atoms with E-state index in [-0.39, 0.29) is 6.61 Å². The number of carbonyl (C=O) groups excluding carboxylic acids is 1. The highest BCUT2D eigenvalue weighted by molar-refractivity contribution is 5.87. The van der Waals surface area contributed by atoms with E-state index in [1.165, 1.54) is 13.1 Å². The molecule has 0 spiro atoms. The van der Waals surface area contributed by atoms with E-state index in [1.807, 2.05) is 0 Å². The summed E-state index contributed by atoms with van der Waals surface area (Å²) in [7, 11) is 1.22. The van der Waals surface area contributed by atoms with Crippen LogP contribution in [0.5, 0.6) is 0 Å². The minimum Gasteiger partial charge on any atom is -0.449 e. The Hall–Kier alpha value is -1.65. The van der Waals surface area contributed by atoms with Crippen LogP contribution >= 0.6 is 0 Å². The van der Waals surface area contributed by atoms with Crippen molar-refractivity contribution in [3.8, 4) is 0 Å². The molecule has 81 valence electrons. The molecule has 0 aliphatic carbocycles. The average molecular weight is 214 g/mol. The van der Waals surface area contributed by atoms with E-state index in [9.17, 15) is 13.6 Å². The molecule has 1 rings (SSSR count). The second-order valence-corrected chi connectivity index (χ2v) is 2.74. The van der Waals surface area contributed by atoms with Crippen molar-refractivity contribution in [2.45, 2.75) is 0 Å². The Morgan fingerprint density at radius 2 is 2.00 bits per heavy atom. The van der Waals surface area contributed by atoms with Gasteiger partial charge in [0, 0.05) is 7.05 Å². The molecule has 15 heavy (non-hydrogen) atoms. The fraction of sp³-hybridized carbons (Fsp3) is 0.200. The molecule has 1 amide bonds. The first kappa shape index (κ1) is 11.4. The highest BCUT2D eigenvalue weighted by atomic mass is 19.1. The first-order valence-electron chi connectivity index (χ1n) is 4.21. The quantitative estimate of drug-likeness (QED) is 0.756. The molecule has 0 aliphatic heterocycles. The smallest absolute Gasteiger partial charge is 0.414 e. The summed E-state index contributed by atoms with van der Waals surface area (Å²) in [4.78, 5) is 11.9. The van der Waals surface area contributed by atoms with Gasteiger partial charge in [0.05, 0.1) is 6.61 Å². The van der Waals surface area contributed by atoms with Gasteiger partial charge in [-0.05, 0) is 19.1 Å². The van der Waals surface area contributed by atoms with Crippen LogP contribution in [0.3, 0.4) is 0 Å². The number of benzene rings is 1. The third kappa shape index (κ3) is 2.43. The van der Waals surface area contributed by atoms with Gasteiger partial charge in [0.1, 0.15) is 17.3 Å². The summed E-state index contributed by atoms with van der Waals surface area (Å²) in [6.07, 6.45) is -0.853. The van der Waals surface area contributed by atoms with Crippen molar-refractivity contribution in [3.05, 3.63) is 36.8 Å². The van der Waals surface area contributed by atoms with E-state index < -0.39 is 23.4 Å². The van der Waals surface area contributed by atoms with Crippen LogP contribution in [0.4, 0.5) is 19.3 Å². The van der Waals surface area contributed by atoms with Crippen molar-refractivity contribution in [2.75, 3.05) is 18.6 Å². The maximum absolute atomic E-state index is 13.2. The van der Waals surface area contributed by atoms with E-state index in [4.69, 9.17) is 0 Å². The van der Waals surface area contributed by atoms with Gasteiger partial charge < -0.3 is 4.74 Å². The number of hydrogen-bond acceptors (Lipinski definition) is 2. The van der Waals surface area contributed by atoms with Gasteiger partial charge in [-0.15, -0.1) is 0 Å². The van der Waals surface area contributed by atoms with Crippen LogP contribution in [-0.2, 0) is 4.74 Å². The van der Waals surface area contributed by atoms with Crippen LogP contribution in [0, 0.1) is 18.6 Å². The molecule has 0 atom stereocenters. The standard InChI is InChI=1S/C10H10F2NO2/c1-3-15-10(14)13(2)9-7(11)5-4-6-8(9)12/h4-6H,1,3H2,2H3. The van der Waals surface area contributed by atoms with E-state index in [1.54, 1.807) is 0 Å². The molecule has 0 fully saturated rings. The van der Waals surface area contributed by atoms with Crippen LogP contribution in [0.25, 0.3) is 0 Å². The van der Waals surface area contributed by atoms with Gasteiger partial charge in [-0.2, -0.15) is 0 Å². The molecule has 0 aliphatic rings. The summed E-state index contributed by atoms with van der Waals surface area (Å²) >= 11 is 0. The molecule has 5 heteroatoms. The van der Waals surface area contributed by atoms with Crippen molar-refractivity contribution >= 4 is 11.8 Å². The highest BCUT2D eigenvalue weighted by Crippen LogP contribution is 2.22. The average Bonchev–Trinajstić information content (AvgIpc) is 2.17. The molecule has 0 N–H and O–H groups in total. The summed E-state index contributed by atoms with van der Waals surface area (Å²) < 4.78 is 30.9. The van der Waals surface area contributed by atoms with Crippen LogP contribution in [-0.4, -0.2) is 19.7 Å². The van der Waals surface area contributed by atoms with Crippen LogP contribution in [0.2, 0.25) is 0 Å². The number of rotatable bonds is 2. The second kappa shape index (κ2) is 4.72. The van der Waals surface area contributed by atoms with Gasteiger partial charge in [0.2, 0.25) is 0 Å². The molecule has 3 nitrogen and oxygen atoms in total. The topological polar surface area (TPSA) is 29.5 Å². The molecule has 0 unspecified atom stereocenters. The Kier molecular flexibility index (Phi) is 3.60. The number of para-hydroxylation sites is 1. The first-order valence-corrected chi connectivity index (χ1v) is 4.21. The molecular weight excluding hydrogens is 204 g/mol. The Morgan fingerprint density at radius 3 is 2.47 bits per heavy atom. The minimum absolute atomic E-state index is 0.0980. The summed E-state index contributed by atoms with van der Waals surface area (Å²) in [5.41, 5.74) is -0.434. The largest absolute Gasteiger partial charge is 0.449 e. The molecule has 0 saturated heterocycles. The zero-order valence-corrected chi connectivity index (χ0v) is 8.17. The predicted molar refractivity (Wildman–Crippen MR) is 51.5 cm³/mol. The molecule has 0 aromatic heterocycles. The fourth-order valence-corrected chi connectivity index (χ4v) is 1.08. The first-order chi connectivity index (χ1) is 7.07. The van der Waals surface area contributed by atoms with E-state index in [2.05, 4.69) is 11.7 Å². The van der Waals surface area contributed by atoms with Gasteiger partial charge in [-0.25, -0.2) is 13.6 Å². The van der Waals surface area contributed by atoms with Crippen molar-refractivity contribution in [1.29, 1.82) is 0 Å². The molecule has 0 heterocycles. The third-order valence-corrected chi connectivity index (χ3v) is 1.77. The number of amides is 1. The number of nitrogens with zero attached hydrogens (tertiary/aromatic N) is 1. The number of hydrogen-bond donors (Lipinski definition) is 0. The van der Waals surface area contributed by atoms with Gasteiger partial charge in [0.25, 0.3) is 0 Å². The van der Waals surface area contributed by atoms with E-state index in [0.29, 0.717) is 0 Å². The minimum atomic E-state index is -0.853. The van der Waals surface area contributed by atoms with Crippen LogP contribution in [0.15, 0.2) is 18.2 Å². The lowest BCUT2D eigenvalue weighted by Crippen LogP contribution is -2.28. The molecule has 0 saturated carbocycles. The lowest BCUT2D eigenvalue weighted by atomic mass is 10.3. The lowest BCUT2D eigenvalue weighted by molar-refractivity contribution is 0.166. The summed E-state index contributed by atoms with van der Waals surface area (Å²) in [6, 6.07) is 3.34. The van der Waals surface area contributed by atoms with Crippen molar-refractivity contribution in [2.24, 2.45) is 0 Å². The van der Waals surface area contributed by atoms with Crippen molar-refractivity contribution < 1.29 is 18.3 Å². The number of carbonyl (C=O) groups is 1. The van der Waals surface area contributed by atoms with Crippen LogP contribution < -0.4 is 4.90 Å². The van der Waals surface area contributed by atoms with Gasteiger partial charge >= 0.3 is 6.09 Å². The SMILES string of the molecule is [CH2]COC(=O)N(C)c1c(F)cccc1F. The summed E-state index contributed by atoms with van der Waals surface area (Å²) in [5.74, 6) is -1.64. The number of ether oxygens (including phenoxy) is 1. The zero-order chi connectivity index (χ0) is 11.4. The van der Waals surface area contributed by atoms with E-state index >= 15 is 0 Å². The summed E-state index contributed by atoms with van der Waals surface area (Å²) in [5, 5.41) is 0. The predicted octanol–water partition coefficient (Wildman–Crippen LogP) is 2.37. The highest BCUT2D eigenvalue weighted by Gasteiger charge is 2.19. The molecular formula is C10H10F2NO2. The molecule has 1 aromatic carbocycles. The monoisotopic (exact) mass is 214 g/mol. The number of anilines is 1. The van der Waals surface area contributed by atoms with E-state index in [0.717, 1.165) is 17.0 Å². The van der Waals surface area contributed by atoms with Gasteiger partial charge in [0.15, 0.2) is 0 Å². The third-order valence-electron chi connectivity index (χ3n) is 1.77. The molecule has 1 aromatic rings. The molecule has 0 bridgehead atoms.